The molecule has 90 valence electrons. The molecular weight excluding hydrogens is 257 g/mol. The molecular formula is C13H13Cl2NO. The van der Waals surface area contributed by atoms with Gasteiger partial charge in [-0.2, -0.15) is 0 Å². The number of benzene rings is 1. The molecule has 1 fully saturated rings. The Morgan fingerprint density at radius 1 is 1.24 bits per heavy atom. The van der Waals surface area contributed by atoms with Crippen LogP contribution < -0.4 is 0 Å². The molecule has 0 N–H and O–H groups in total. The quantitative estimate of drug-likeness (QED) is 0.751. The van der Waals surface area contributed by atoms with Gasteiger partial charge in [0.25, 0.3) is 0 Å². The van der Waals surface area contributed by atoms with Crippen molar-refractivity contribution in [3.05, 3.63) is 39.9 Å². The van der Waals surface area contributed by atoms with Gasteiger partial charge in [0.15, 0.2) is 0 Å². The predicted octanol–water partition coefficient (Wildman–Crippen LogP) is 3.63. The first-order valence-electron chi connectivity index (χ1n) is 5.59. The molecule has 17 heavy (non-hydrogen) atoms. The van der Waals surface area contributed by atoms with E-state index in [1.54, 1.807) is 30.4 Å². The highest BCUT2D eigenvalue weighted by molar-refractivity contribution is 6.35. The van der Waals surface area contributed by atoms with E-state index in [4.69, 9.17) is 23.2 Å². The number of likely N-dealkylation sites (tertiary alicyclic amines) is 1. The van der Waals surface area contributed by atoms with Crippen molar-refractivity contribution in [2.45, 2.75) is 12.8 Å². The van der Waals surface area contributed by atoms with Crippen LogP contribution in [0.4, 0.5) is 0 Å². The van der Waals surface area contributed by atoms with Gasteiger partial charge < -0.3 is 4.90 Å². The molecule has 1 amide bonds. The Hall–Kier alpha value is -0.990. The number of nitrogens with zero attached hydrogens (tertiary/aromatic N) is 1. The Labute approximate surface area is 111 Å². The maximum Gasteiger partial charge on any atom is 0.246 e. The number of hydrogen-bond acceptors (Lipinski definition) is 1. The van der Waals surface area contributed by atoms with Crippen LogP contribution in [0, 0.1) is 0 Å². The summed E-state index contributed by atoms with van der Waals surface area (Å²) in [7, 11) is 0. The molecule has 1 aliphatic rings. The third kappa shape index (κ3) is 3.24. The lowest BCUT2D eigenvalue weighted by Gasteiger charge is -2.11. The van der Waals surface area contributed by atoms with Crippen molar-refractivity contribution < 1.29 is 4.79 Å². The second-order valence-electron chi connectivity index (χ2n) is 4.03. The Kier molecular flexibility index (Phi) is 4.08. The fourth-order valence-electron chi connectivity index (χ4n) is 1.84. The van der Waals surface area contributed by atoms with Gasteiger partial charge in [-0.1, -0.05) is 29.3 Å². The molecule has 1 saturated heterocycles. The molecule has 1 aliphatic heterocycles. The maximum absolute atomic E-state index is 11.8. The Morgan fingerprint density at radius 3 is 2.59 bits per heavy atom. The Morgan fingerprint density at radius 2 is 1.94 bits per heavy atom. The van der Waals surface area contributed by atoms with Crippen LogP contribution in [0.1, 0.15) is 18.4 Å². The molecule has 0 aromatic heterocycles. The van der Waals surface area contributed by atoms with Gasteiger partial charge in [0.1, 0.15) is 0 Å². The Bertz CT molecular complexity index is 451. The van der Waals surface area contributed by atoms with E-state index in [0.29, 0.717) is 10.0 Å². The normalized spacial score (nSPS) is 15.8. The van der Waals surface area contributed by atoms with Crippen LogP contribution in [0.25, 0.3) is 6.08 Å². The topological polar surface area (TPSA) is 20.3 Å². The standard InChI is InChI=1S/C13H13Cl2NO/c14-11-5-3-10(12(15)9-11)4-6-13(17)16-7-1-2-8-16/h3-6,9H,1-2,7-8H2/b6-4+. The van der Waals surface area contributed by atoms with E-state index in [9.17, 15) is 4.79 Å². The van der Waals surface area contributed by atoms with Crippen LogP contribution in [0.3, 0.4) is 0 Å². The van der Waals surface area contributed by atoms with E-state index >= 15 is 0 Å². The van der Waals surface area contributed by atoms with Crippen LogP contribution >= 0.6 is 23.2 Å². The molecule has 1 aromatic rings. The first-order valence-corrected chi connectivity index (χ1v) is 6.34. The lowest BCUT2D eigenvalue weighted by Crippen LogP contribution is -2.25. The van der Waals surface area contributed by atoms with Gasteiger partial charge >= 0.3 is 0 Å². The van der Waals surface area contributed by atoms with E-state index in [2.05, 4.69) is 0 Å². The minimum absolute atomic E-state index is 0.0496. The summed E-state index contributed by atoms with van der Waals surface area (Å²) in [5.41, 5.74) is 0.809. The first kappa shape index (κ1) is 12.5. The average Bonchev–Trinajstić information content (AvgIpc) is 2.81. The molecule has 0 bridgehead atoms. The zero-order valence-corrected chi connectivity index (χ0v) is 10.8. The van der Waals surface area contributed by atoms with Gasteiger partial charge in [-0.15, -0.1) is 0 Å². The zero-order chi connectivity index (χ0) is 12.3. The van der Waals surface area contributed by atoms with E-state index in [0.717, 1.165) is 31.5 Å². The molecule has 0 unspecified atom stereocenters. The first-order chi connectivity index (χ1) is 8.16. The molecule has 4 heteroatoms. The number of rotatable bonds is 2. The van der Waals surface area contributed by atoms with Crippen molar-refractivity contribution in [3.63, 3.8) is 0 Å². The highest BCUT2D eigenvalue weighted by atomic mass is 35.5. The minimum atomic E-state index is 0.0496. The van der Waals surface area contributed by atoms with Crippen LogP contribution in [0.15, 0.2) is 24.3 Å². The van der Waals surface area contributed by atoms with Gasteiger partial charge in [0, 0.05) is 29.2 Å². The number of carbonyl (C=O) groups is 1. The SMILES string of the molecule is O=C(/C=C/c1ccc(Cl)cc1Cl)N1CCCC1. The molecule has 0 spiro atoms. The van der Waals surface area contributed by atoms with Gasteiger partial charge in [-0.25, -0.2) is 0 Å². The summed E-state index contributed by atoms with van der Waals surface area (Å²) in [6.07, 6.45) is 5.50. The highest BCUT2D eigenvalue weighted by Gasteiger charge is 2.15. The lowest BCUT2D eigenvalue weighted by molar-refractivity contribution is -0.124. The minimum Gasteiger partial charge on any atom is -0.339 e. The molecule has 0 atom stereocenters. The van der Waals surface area contributed by atoms with E-state index in [-0.39, 0.29) is 5.91 Å². The molecule has 0 saturated carbocycles. The third-order valence-electron chi connectivity index (χ3n) is 2.79. The molecule has 2 nitrogen and oxygen atoms in total. The van der Waals surface area contributed by atoms with Crippen LogP contribution in [-0.2, 0) is 4.79 Å². The monoisotopic (exact) mass is 269 g/mol. The summed E-state index contributed by atoms with van der Waals surface area (Å²) in [6.45, 7) is 1.72. The van der Waals surface area contributed by atoms with Crippen molar-refractivity contribution >= 4 is 35.2 Å². The molecule has 1 heterocycles. The molecule has 0 radical (unpaired) electrons. The number of carbonyl (C=O) groups excluding carboxylic acids is 1. The van der Waals surface area contributed by atoms with E-state index < -0.39 is 0 Å². The van der Waals surface area contributed by atoms with Crippen LogP contribution in [0.5, 0.6) is 0 Å². The molecule has 1 aromatic carbocycles. The average molecular weight is 270 g/mol. The van der Waals surface area contributed by atoms with Gasteiger partial charge in [-0.3, -0.25) is 4.79 Å². The van der Waals surface area contributed by atoms with E-state index in [1.807, 2.05) is 4.90 Å². The van der Waals surface area contributed by atoms with Crippen molar-refractivity contribution in [2.75, 3.05) is 13.1 Å². The third-order valence-corrected chi connectivity index (χ3v) is 3.35. The molecule has 2 rings (SSSR count). The van der Waals surface area contributed by atoms with Crippen molar-refractivity contribution in [3.8, 4) is 0 Å². The summed E-state index contributed by atoms with van der Waals surface area (Å²) in [4.78, 5) is 13.6. The van der Waals surface area contributed by atoms with Gasteiger partial charge in [0.2, 0.25) is 5.91 Å². The number of halogens is 2. The summed E-state index contributed by atoms with van der Waals surface area (Å²) >= 11 is 11.8. The van der Waals surface area contributed by atoms with Crippen LogP contribution in [0.2, 0.25) is 10.0 Å². The van der Waals surface area contributed by atoms with Crippen molar-refractivity contribution in [1.29, 1.82) is 0 Å². The smallest absolute Gasteiger partial charge is 0.246 e. The summed E-state index contributed by atoms with van der Waals surface area (Å²) in [6, 6.07) is 5.23. The van der Waals surface area contributed by atoms with Gasteiger partial charge in [0.05, 0.1) is 0 Å². The number of amides is 1. The highest BCUT2D eigenvalue weighted by Crippen LogP contribution is 2.22. The van der Waals surface area contributed by atoms with E-state index in [1.165, 1.54) is 0 Å². The fraction of sp³-hybridized carbons (Fsp3) is 0.308. The van der Waals surface area contributed by atoms with Crippen molar-refractivity contribution in [1.82, 2.24) is 4.90 Å². The lowest BCUT2D eigenvalue weighted by atomic mass is 10.2. The maximum atomic E-state index is 11.8. The summed E-state index contributed by atoms with van der Waals surface area (Å²) in [5.74, 6) is 0.0496. The summed E-state index contributed by atoms with van der Waals surface area (Å²) in [5, 5.41) is 1.15. The predicted molar refractivity (Wildman–Crippen MR) is 71.3 cm³/mol. The number of hydrogen-bond donors (Lipinski definition) is 0. The largest absolute Gasteiger partial charge is 0.339 e. The van der Waals surface area contributed by atoms with Crippen LogP contribution in [-0.4, -0.2) is 23.9 Å². The van der Waals surface area contributed by atoms with Crippen molar-refractivity contribution in [2.24, 2.45) is 0 Å². The van der Waals surface area contributed by atoms with Gasteiger partial charge in [-0.05, 0) is 36.6 Å². The second-order valence-corrected chi connectivity index (χ2v) is 4.88. The summed E-state index contributed by atoms with van der Waals surface area (Å²) < 4.78 is 0. The second kappa shape index (κ2) is 5.56. The molecule has 0 aliphatic carbocycles. The zero-order valence-electron chi connectivity index (χ0n) is 9.33. The fourth-order valence-corrected chi connectivity index (χ4v) is 2.31. The Balaban J connectivity index is 2.06.